The van der Waals surface area contributed by atoms with Crippen LogP contribution in [0.15, 0.2) is 132 Å². The number of fused-ring (bicyclic) bond motifs is 1. The number of hydrogen-bond acceptors (Lipinski definition) is 9. The van der Waals surface area contributed by atoms with Gasteiger partial charge in [-0.2, -0.15) is 0 Å². The summed E-state index contributed by atoms with van der Waals surface area (Å²) >= 11 is 0. The largest absolute Gasteiger partial charge is 0.573 e. The van der Waals surface area contributed by atoms with E-state index in [1.807, 2.05) is 54.6 Å². The number of phenols is 1. The number of carbonyl (C=O) groups is 2. The lowest BCUT2D eigenvalue weighted by Gasteiger charge is -2.32. The molecule has 1 aliphatic heterocycles. The van der Waals surface area contributed by atoms with Gasteiger partial charge in [-0.05, 0) is 110 Å². The molecule has 1 amide bonds. The smallest absolute Gasteiger partial charge is 0.506 e. The molecule has 0 aliphatic carbocycles. The van der Waals surface area contributed by atoms with E-state index >= 15 is 0 Å². The van der Waals surface area contributed by atoms with Gasteiger partial charge >= 0.3 is 12.3 Å². The number of halogens is 3. The fraction of sp³-hybridized carbons (Fsp3) is 0.300. The summed E-state index contributed by atoms with van der Waals surface area (Å²) in [4.78, 5) is 43.6. The fourth-order valence-corrected chi connectivity index (χ4v) is 7.92. The minimum absolute atomic E-state index is 0.00599. The highest BCUT2D eigenvalue weighted by atomic mass is 19.4. The number of piperidine rings is 1. The number of esters is 1. The molecule has 2 heterocycles. The van der Waals surface area contributed by atoms with Gasteiger partial charge in [-0.15, -0.1) is 13.2 Å². The molecule has 1 unspecified atom stereocenters. The van der Waals surface area contributed by atoms with Crippen LogP contribution in [0.1, 0.15) is 63.4 Å². The molecule has 1 fully saturated rings. The van der Waals surface area contributed by atoms with Gasteiger partial charge in [-0.3, -0.25) is 19.3 Å². The molecule has 14 heteroatoms. The molecule has 334 valence electrons. The second kappa shape index (κ2) is 21.6. The van der Waals surface area contributed by atoms with E-state index in [1.54, 1.807) is 18.2 Å². The zero-order chi connectivity index (χ0) is 44.9. The van der Waals surface area contributed by atoms with Crippen LogP contribution in [0.5, 0.6) is 17.2 Å². The number of carbonyl (C=O) groups excluding carboxylic acids is 2. The number of aromatic amines is 1. The predicted octanol–water partition coefficient (Wildman–Crippen LogP) is 8.25. The normalized spacial score (nSPS) is 13.9. The van der Waals surface area contributed by atoms with Gasteiger partial charge in [0.25, 0.3) is 5.91 Å². The minimum atomic E-state index is -4.98. The third-order valence-corrected chi connectivity index (χ3v) is 11.3. The Hall–Kier alpha value is -6.64. The minimum Gasteiger partial charge on any atom is -0.506 e. The van der Waals surface area contributed by atoms with Crippen molar-refractivity contribution in [3.63, 3.8) is 0 Å². The Labute approximate surface area is 369 Å². The number of aromatic nitrogens is 1. The monoisotopic (exact) mass is 876 g/mol. The molecular weight excluding hydrogens is 826 g/mol. The second-order valence-electron chi connectivity index (χ2n) is 15.9. The third kappa shape index (κ3) is 12.7. The summed E-state index contributed by atoms with van der Waals surface area (Å²) in [7, 11) is 0. The van der Waals surface area contributed by atoms with E-state index in [1.165, 1.54) is 29.8 Å². The number of amides is 1. The van der Waals surface area contributed by atoms with Crippen LogP contribution in [-0.4, -0.2) is 72.6 Å². The number of nitrogens with one attached hydrogen (secondary N) is 3. The molecule has 7 rings (SSSR count). The SMILES string of the molecule is O=C(NCCCOc1cccc(C(C(=O)OCC2CCN(Cc3ccccc3)CC2)c2ccccc2)c1)c1ccc(CNCCc2ccc(O)c3[nH]c(=O)ccc23)c(OC(F)(F)F)c1. The van der Waals surface area contributed by atoms with Crippen LogP contribution in [0, 0.1) is 5.92 Å². The molecule has 5 aromatic carbocycles. The lowest BCUT2D eigenvalue weighted by molar-refractivity contribution is -0.274. The first-order valence-electron chi connectivity index (χ1n) is 21.4. The molecule has 6 aromatic rings. The molecule has 0 radical (unpaired) electrons. The van der Waals surface area contributed by atoms with Gasteiger partial charge in [-0.25, -0.2) is 0 Å². The molecule has 11 nitrogen and oxygen atoms in total. The quantitative estimate of drug-likeness (QED) is 0.0468. The summed E-state index contributed by atoms with van der Waals surface area (Å²) in [6, 6.07) is 37.2. The highest BCUT2D eigenvalue weighted by molar-refractivity contribution is 5.94. The number of rotatable bonds is 19. The fourth-order valence-electron chi connectivity index (χ4n) is 7.92. The highest BCUT2D eigenvalue weighted by Gasteiger charge is 2.32. The Kier molecular flexibility index (Phi) is 15.3. The van der Waals surface area contributed by atoms with Crippen molar-refractivity contribution in [3.05, 3.63) is 171 Å². The first-order chi connectivity index (χ1) is 31.0. The summed E-state index contributed by atoms with van der Waals surface area (Å²) in [5.41, 5.74) is 3.78. The molecule has 64 heavy (non-hydrogen) atoms. The van der Waals surface area contributed by atoms with Gasteiger partial charge in [0, 0.05) is 42.2 Å². The lowest BCUT2D eigenvalue weighted by Crippen LogP contribution is -2.35. The molecule has 0 saturated carbocycles. The number of phenolic OH excluding ortho intramolecular Hbond substituents is 1. The summed E-state index contributed by atoms with van der Waals surface area (Å²) < 4.78 is 56.6. The van der Waals surface area contributed by atoms with Crippen LogP contribution in [0.4, 0.5) is 13.2 Å². The Morgan fingerprint density at radius 2 is 1.56 bits per heavy atom. The maximum absolute atomic E-state index is 13.8. The Balaban J connectivity index is 0.886. The van der Waals surface area contributed by atoms with Crippen LogP contribution in [-0.2, 0) is 29.0 Å². The van der Waals surface area contributed by atoms with E-state index in [4.69, 9.17) is 9.47 Å². The van der Waals surface area contributed by atoms with Crippen LogP contribution in [0.2, 0.25) is 0 Å². The van der Waals surface area contributed by atoms with Crippen LogP contribution < -0.4 is 25.7 Å². The molecule has 1 aromatic heterocycles. The first-order valence-corrected chi connectivity index (χ1v) is 21.4. The molecule has 0 bridgehead atoms. The summed E-state index contributed by atoms with van der Waals surface area (Å²) in [5, 5.41) is 16.6. The number of hydrogen-bond donors (Lipinski definition) is 4. The number of likely N-dealkylation sites (tertiary alicyclic amines) is 1. The topological polar surface area (TPSA) is 142 Å². The highest BCUT2D eigenvalue weighted by Crippen LogP contribution is 2.31. The number of H-pyrrole nitrogens is 1. The molecule has 4 N–H and O–H groups in total. The Morgan fingerprint density at radius 3 is 2.33 bits per heavy atom. The maximum Gasteiger partial charge on any atom is 0.573 e. The van der Waals surface area contributed by atoms with Gasteiger partial charge in [0.1, 0.15) is 23.2 Å². The van der Waals surface area contributed by atoms with Crippen molar-refractivity contribution in [2.24, 2.45) is 5.92 Å². The van der Waals surface area contributed by atoms with Gasteiger partial charge in [0.2, 0.25) is 5.56 Å². The van der Waals surface area contributed by atoms with Crippen molar-refractivity contribution in [2.45, 2.75) is 51.1 Å². The van der Waals surface area contributed by atoms with Crippen molar-refractivity contribution in [1.82, 2.24) is 20.5 Å². The van der Waals surface area contributed by atoms with Crippen molar-refractivity contribution < 1.29 is 42.1 Å². The number of ether oxygens (including phenoxy) is 3. The third-order valence-electron chi connectivity index (χ3n) is 11.3. The zero-order valence-electron chi connectivity index (χ0n) is 35.2. The number of benzene rings is 5. The maximum atomic E-state index is 13.8. The van der Waals surface area contributed by atoms with E-state index in [-0.39, 0.29) is 54.0 Å². The molecule has 1 atom stereocenters. The second-order valence-corrected chi connectivity index (χ2v) is 15.9. The van der Waals surface area contributed by atoms with Crippen molar-refractivity contribution in [1.29, 1.82) is 0 Å². The number of alkyl halides is 3. The molecule has 1 aliphatic rings. The van der Waals surface area contributed by atoms with Crippen LogP contribution >= 0.6 is 0 Å². The van der Waals surface area contributed by atoms with Gasteiger partial charge in [-0.1, -0.05) is 84.9 Å². The Bertz CT molecular complexity index is 2550. The average molecular weight is 877 g/mol. The summed E-state index contributed by atoms with van der Waals surface area (Å²) in [5.74, 6) is -1.31. The van der Waals surface area contributed by atoms with E-state index in [9.17, 15) is 32.7 Å². The van der Waals surface area contributed by atoms with Gasteiger partial charge in [0.05, 0.1) is 18.7 Å². The van der Waals surface area contributed by atoms with E-state index in [0.717, 1.165) is 55.2 Å². The summed E-state index contributed by atoms with van der Waals surface area (Å²) in [6.45, 7) is 3.93. The van der Waals surface area contributed by atoms with Crippen molar-refractivity contribution in [3.8, 4) is 17.2 Å². The van der Waals surface area contributed by atoms with E-state index in [0.29, 0.717) is 42.6 Å². The standard InChI is InChI=1S/C50H51F3N4O7/c51-50(52,53)64-44-30-39(15-16-40(44)31-54-25-21-36-17-19-43(58)47-42(36)18-20-45(59)56-47)48(60)55-24-8-28-62-41-14-7-13-38(29-41)46(37-11-5-2-6-12-37)49(61)63-33-35-22-26-57(27-23-35)32-34-9-3-1-4-10-34/h1-7,9-20,29-30,35,46,54,58H,8,21-28,31-33H2,(H,55,60)(H,56,59). The Morgan fingerprint density at radius 1 is 0.828 bits per heavy atom. The number of nitrogens with zero attached hydrogens (tertiary/aromatic N) is 1. The van der Waals surface area contributed by atoms with Gasteiger partial charge < -0.3 is 34.9 Å². The van der Waals surface area contributed by atoms with Crippen molar-refractivity contribution >= 4 is 22.8 Å². The van der Waals surface area contributed by atoms with Crippen LogP contribution in [0.25, 0.3) is 10.9 Å². The number of pyridine rings is 1. The summed E-state index contributed by atoms with van der Waals surface area (Å²) in [6.07, 6.45) is -2.23. The molecule has 1 saturated heterocycles. The van der Waals surface area contributed by atoms with E-state index in [2.05, 4.69) is 49.5 Å². The molecule has 0 spiro atoms. The zero-order valence-corrected chi connectivity index (χ0v) is 35.2. The van der Waals surface area contributed by atoms with Gasteiger partial charge in [0.15, 0.2) is 0 Å². The lowest BCUT2D eigenvalue weighted by atomic mass is 9.91. The van der Waals surface area contributed by atoms with Crippen molar-refractivity contribution in [2.75, 3.05) is 39.4 Å². The van der Waals surface area contributed by atoms with E-state index < -0.39 is 23.9 Å². The average Bonchev–Trinajstić information content (AvgIpc) is 3.29. The predicted molar refractivity (Wildman–Crippen MR) is 237 cm³/mol. The molecular formula is C50H51F3N4O7. The number of aromatic hydroxyl groups is 1. The first kappa shape index (κ1) is 45.4. The van der Waals surface area contributed by atoms with Crippen LogP contribution in [0.3, 0.4) is 0 Å².